The van der Waals surface area contributed by atoms with Crippen LogP contribution in [0.15, 0.2) is 4.99 Å². The highest BCUT2D eigenvalue weighted by Crippen LogP contribution is 2.08. The average Bonchev–Trinajstić information content (AvgIpc) is 1.89. The van der Waals surface area contributed by atoms with Gasteiger partial charge < -0.3 is 4.90 Å². The molecule has 0 aromatic rings. The summed E-state index contributed by atoms with van der Waals surface area (Å²) in [5.41, 5.74) is 0. The molecular formula is C6H12N2S. The maximum atomic E-state index is 4.33. The quantitative estimate of drug-likeness (QED) is 0.505. The summed E-state index contributed by atoms with van der Waals surface area (Å²) in [5.74, 6) is 0. The van der Waals surface area contributed by atoms with Crippen LogP contribution in [-0.2, 0) is 0 Å². The molecular weight excluding hydrogens is 132 g/mol. The smallest absolute Gasteiger partial charge is 0.158 e. The Labute approximate surface area is 60.3 Å². The fourth-order valence-electron chi connectivity index (χ4n) is 0.919. The van der Waals surface area contributed by atoms with Gasteiger partial charge in [-0.1, -0.05) is 11.8 Å². The van der Waals surface area contributed by atoms with Crippen LogP contribution >= 0.6 is 11.8 Å². The Bertz CT molecular complexity index is 122. The van der Waals surface area contributed by atoms with Crippen molar-refractivity contribution in [3.8, 4) is 0 Å². The molecule has 0 N–H and O–H groups in total. The SMILES string of the molecule is CSC1=NCCCN1C. The lowest BCUT2D eigenvalue weighted by Gasteiger charge is -2.22. The van der Waals surface area contributed by atoms with E-state index in [1.807, 2.05) is 0 Å². The Kier molecular flexibility index (Phi) is 2.39. The molecule has 2 nitrogen and oxygen atoms in total. The summed E-state index contributed by atoms with van der Waals surface area (Å²) in [7, 11) is 2.09. The summed E-state index contributed by atoms with van der Waals surface area (Å²) in [6, 6.07) is 0. The lowest BCUT2D eigenvalue weighted by molar-refractivity contribution is 0.477. The first-order valence-electron chi connectivity index (χ1n) is 3.14. The number of amidine groups is 1. The van der Waals surface area contributed by atoms with Crippen molar-refractivity contribution in [3.63, 3.8) is 0 Å². The van der Waals surface area contributed by atoms with Crippen molar-refractivity contribution in [2.45, 2.75) is 6.42 Å². The van der Waals surface area contributed by atoms with Gasteiger partial charge in [-0.25, -0.2) is 0 Å². The summed E-state index contributed by atoms with van der Waals surface area (Å²) < 4.78 is 0. The molecule has 1 aliphatic heterocycles. The summed E-state index contributed by atoms with van der Waals surface area (Å²) in [4.78, 5) is 6.54. The van der Waals surface area contributed by atoms with Gasteiger partial charge in [0.25, 0.3) is 0 Å². The number of rotatable bonds is 0. The van der Waals surface area contributed by atoms with Gasteiger partial charge in [0.2, 0.25) is 0 Å². The fourth-order valence-corrected chi connectivity index (χ4v) is 1.54. The Hall–Kier alpha value is -0.180. The first-order valence-corrected chi connectivity index (χ1v) is 4.36. The highest BCUT2D eigenvalue weighted by Gasteiger charge is 2.07. The molecule has 0 spiro atoms. The highest BCUT2D eigenvalue weighted by atomic mass is 32.2. The molecule has 0 saturated heterocycles. The van der Waals surface area contributed by atoms with Crippen LogP contribution in [0.5, 0.6) is 0 Å². The van der Waals surface area contributed by atoms with Crippen LogP contribution in [-0.4, -0.2) is 36.5 Å². The van der Waals surface area contributed by atoms with Crippen LogP contribution in [0.4, 0.5) is 0 Å². The number of hydrogen-bond donors (Lipinski definition) is 0. The van der Waals surface area contributed by atoms with Crippen LogP contribution in [0.3, 0.4) is 0 Å². The van der Waals surface area contributed by atoms with E-state index in [4.69, 9.17) is 0 Å². The predicted octanol–water partition coefficient (Wildman–Crippen LogP) is 1.04. The summed E-state index contributed by atoms with van der Waals surface area (Å²) in [6.45, 7) is 2.18. The van der Waals surface area contributed by atoms with Crippen molar-refractivity contribution in [1.29, 1.82) is 0 Å². The van der Waals surface area contributed by atoms with Crippen LogP contribution in [0.25, 0.3) is 0 Å². The molecule has 52 valence electrons. The molecule has 1 heterocycles. The Morgan fingerprint density at radius 1 is 1.67 bits per heavy atom. The van der Waals surface area contributed by atoms with Crippen molar-refractivity contribution in [1.82, 2.24) is 4.90 Å². The van der Waals surface area contributed by atoms with Gasteiger partial charge in [-0.15, -0.1) is 0 Å². The predicted molar refractivity (Wildman–Crippen MR) is 43.1 cm³/mol. The van der Waals surface area contributed by atoms with E-state index in [-0.39, 0.29) is 0 Å². The summed E-state index contributed by atoms with van der Waals surface area (Å²) in [5, 5.41) is 1.18. The zero-order chi connectivity index (χ0) is 6.69. The van der Waals surface area contributed by atoms with Crippen molar-refractivity contribution >= 4 is 16.9 Å². The van der Waals surface area contributed by atoms with Gasteiger partial charge in [-0.2, -0.15) is 0 Å². The molecule has 0 aromatic heterocycles. The van der Waals surface area contributed by atoms with Crippen LogP contribution in [0, 0.1) is 0 Å². The van der Waals surface area contributed by atoms with E-state index < -0.39 is 0 Å². The van der Waals surface area contributed by atoms with Gasteiger partial charge in [0.1, 0.15) is 0 Å². The number of aliphatic imine (C=N–C) groups is 1. The first kappa shape index (κ1) is 6.93. The zero-order valence-corrected chi connectivity index (χ0v) is 6.74. The van der Waals surface area contributed by atoms with E-state index in [1.165, 1.54) is 18.1 Å². The van der Waals surface area contributed by atoms with Crippen molar-refractivity contribution < 1.29 is 0 Å². The molecule has 0 bridgehead atoms. The topological polar surface area (TPSA) is 15.6 Å². The molecule has 0 amide bonds. The van der Waals surface area contributed by atoms with Crippen molar-refractivity contribution in [2.75, 3.05) is 26.4 Å². The molecule has 9 heavy (non-hydrogen) atoms. The fraction of sp³-hybridized carbons (Fsp3) is 0.833. The largest absolute Gasteiger partial charge is 0.354 e. The molecule has 0 radical (unpaired) electrons. The maximum Gasteiger partial charge on any atom is 0.158 e. The third-order valence-electron chi connectivity index (χ3n) is 1.41. The monoisotopic (exact) mass is 144 g/mol. The van der Waals surface area contributed by atoms with Gasteiger partial charge in [0.15, 0.2) is 5.17 Å². The molecule has 0 unspecified atom stereocenters. The minimum absolute atomic E-state index is 1.01. The third kappa shape index (κ3) is 1.61. The molecule has 0 fully saturated rings. The zero-order valence-electron chi connectivity index (χ0n) is 5.92. The second-order valence-electron chi connectivity index (χ2n) is 2.14. The summed E-state index contributed by atoms with van der Waals surface area (Å²) in [6.07, 6.45) is 3.28. The third-order valence-corrected chi connectivity index (χ3v) is 2.21. The van der Waals surface area contributed by atoms with E-state index in [9.17, 15) is 0 Å². The Morgan fingerprint density at radius 3 is 2.89 bits per heavy atom. The minimum atomic E-state index is 1.01. The molecule has 0 aliphatic carbocycles. The minimum Gasteiger partial charge on any atom is -0.354 e. The van der Waals surface area contributed by atoms with Crippen LogP contribution in [0.2, 0.25) is 0 Å². The van der Waals surface area contributed by atoms with E-state index in [0.29, 0.717) is 0 Å². The van der Waals surface area contributed by atoms with E-state index in [2.05, 4.69) is 23.2 Å². The number of hydrogen-bond acceptors (Lipinski definition) is 3. The molecule has 0 saturated carbocycles. The Balaban J connectivity index is 2.53. The summed E-state index contributed by atoms with van der Waals surface area (Å²) >= 11 is 1.73. The molecule has 3 heteroatoms. The number of thioether (sulfide) groups is 1. The van der Waals surface area contributed by atoms with Crippen molar-refractivity contribution in [2.24, 2.45) is 4.99 Å². The van der Waals surface area contributed by atoms with Gasteiger partial charge in [0.05, 0.1) is 0 Å². The normalized spacial score (nSPS) is 19.8. The maximum absolute atomic E-state index is 4.33. The molecule has 0 atom stereocenters. The second-order valence-corrected chi connectivity index (χ2v) is 2.92. The van der Waals surface area contributed by atoms with Crippen LogP contribution < -0.4 is 0 Å². The Morgan fingerprint density at radius 2 is 2.44 bits per heavy atom. The standard InChI is InChI=1S/C6H12N2S/c1-8-5-3-4-7-6(8)9-2/h3-5H2,1-2H3. The van der Waals surface area contributed by atoms with E-state index >= 15 is 0 Å². The number of nitrogens with zero attached hydrogens (tertiary/aromatic N) is 2. The lowest BCUT2D eigenvalue weighted by Crippen LogP contribution is -2.29. The highest BCUT2D eigenvalue weighted by molar-refractivity contribution is 8.13. The first-order chi connectivity index (χ1) is 4.34. The van der Waals surface area contributed by atoms with Gasteiger partial charge in [0, 0.05) is 20.1 Å². The van der Waals surface area contributed by atoms with E-state index in [1.54, 1.807) is 11.8 Å². The molecule has 1 rings (SSSR count). The molecule has 1 aliphatic rings. The van der Waals surface area contributed by atoms with Gasteiger partial charge in [-0.05, 0) is 12.7 Å². The van der Waals surface area contributed by atoms with Gasteiger partial charge >= 0.3 is 0 Å². The van der Waals surface area contributed by atoms with E-state index in [0.717, 1.165) is 6.54 Å². The lowest BCUT2D eigenvalue weighted by atomic mass is 10.4. The average molecular weight is 144 g/mol. The molecule has 0 aromatic carbocycles. The van der Waals surface area contributed by atoms with Crippen molar-refractivity contribution in [3.05, 3.63) is 0 Å². The second kappa shape index (κ2) is 3.11. The van der Waals surface area contributed by atoms with Gasteiger partial charge in [-0.3, -0.25) is 4.99 Å². The van der Waals surface area contributed by atoms with Crippen LogP contribution in [0.1, 0.15) is 6.42 Å².